The van der Waals surface area contributed by atoms with Crippen molar-refractivity contribution in [3.05, 3.63) is 34.9 Å². The van der Waals surface area contributed by atoms with Crippen molar-refractivity contribution in [1.29, 1.82) is 0 Å². The van der Waals surface area contributed by atoms with Crippen molar-refractivity contribution in [2.45, 2.75) is 38.8 Å². The summed E-state index contributed by atoms with van der Waals surface area (Å²) in [7, 11) is 1.95. The molecule has 1 aliphatic rings. The summed E-state index contributed by atoms with van der Waals surface area (Å²) in [4.78, 5) is 12.4. The predicted octanol–water partition coefficient (Wildman–Crippen LogP) is 2.10. The molecule has 0 saturated heterocycles. The molecule has 0 bridgehead atoms. The first kappa shape index (κ1) is 15.1. The maximum atomic E-state index is 12.4. The second-order valence-electron chi connectivity index (χ2n) is 5.91. The van der Waals surface area contributed by atoms with Gasteiger partial charge in [0.15, 0.2) is 0 Å². The van der Waals surface area contributed by atoms with Gasteiger partial charge in [-0.15, -0.1) is 0 Å². The summed E-state index contributed by atoms with van der Waals surface area (Å²) in [6.07, 6.45) is 8.24. The Morgan fingerprint density at radius 2 is 2.32 bits per heavy atom. The zero-order valence-corrected chi connectivity index (χ0v) is 13.5. The fourth-order valence-electron chi connectivity index (χ4n) is 2.97. The van der Waals surface area contributed by atoms with Gasteiger partial charge >= 0.3 is 0 Å². The highest BCUT2D eigenvalue weighted by Gasteiger charge is 2.26. The average Bonchev–Trinajstić information content (AvgIpc) is 3.06. The van der Waals surface area contributed by atoms with E-state index in [2.05, 4.69) is 15.5 Å². The van der Waals surface area contributed by atoms with Gasteiger partial charge in [0.05, 0.1) is 35.9 Å². The number of nitrogens with one attached hydrogen (secondary N) is 1. The molecule has 1 aliphatic carbocycles. The van der Waals surface area contributed by atoms with E-state index in [1.807, 2.05) is 24.9 Å². The Balaban J connectivity index is 1.64. The van der Waals surface area contributed by atoms with Gasteiger partial charge in [-0.05, 0) is 19.3 Å². The number of aromatic nitrogens is 4. The molecule has 0 fully saturated rings. The maximum absolute atomic E-state index is 12.4. The van der Waals surface area contributed by atoms with Crippen molar-refractivity contribution in [3.63, 3.8) is 0 Å². The van der Waals surface area contributed by atoms with Gasteiger partial charge in [0.2, 0.25) is 5.91 Å². The molecule has 2 aromatic heterocycles. The van der Waals surface area contributed by atoms with E-state index in [0.29, 0.717) is 11.6 Å². The number of carbonyl (C=O) groups is 1. The van der Waals surface area contributed by atoms with Crippen molar-refractivity contribution in [2.75, 3.05) is 0 Å². The first-order chi connectivity index (χ1) is 10.5. The number of rotatable bonds is 4. The molecular formula is C15H20ClN5O. The van der Waals surface area contributed by atoms with Crippen LogP contribution in [-0.4, -0.2) is 25.5 Å². The molecule has 0 saturated carbocycles. The minimum absolute atomic E-state index is 0.0355. The van der Waals surface area contributed by atoms with E-state index < -0.39 is 0 Å². The molecule has 6 nitrogen and oxygen atoms in total. The molecular weight excluding hydrogens is 302 g/mol. The standard InChI is InChI=1S/C15H20ClN5O/c1-10(8-21-9-11(16)6-18-21)15(22)19-13-4-3-5-14-12(13)7-17-20(14)2/h6-7,9-10,13H,3-5,8H2,1-2H3,(H,19,22)/t10-,13+/m1/s1. The number of nitrogens with zero attached hydrogens (tertiary/aromatic N) is 4. The molecule has 118 valence electrons. The van der Waals surface area contributed by atoms with Crippen LogP contribution in [-0.2, 0) is 24.8 Å². The SMILES string of the molecule is C[C@H](Cn1cc(Cl)cn1)C(=O)N[C@H]1CCCc2c1cnn2C. The lowest BCUT2D eigenvalue weighted by Crippen LogP contribution is -2.36. The summed E-state index contributed by atoms with van der Waals surface area (Å²) < 4.78 is 3.60. The average molecular weight is 322 g/mol. The minimum Gasteiger partial charge on any atom is -0.349 e. The van der Waals surface area contributed by atoms with Gasteiger partial charge in [-0.25, -0.2) is 0 Å². The van der Waals surface area contributed by atoms with Crippen LogP contribution in [0.4, 0.5) is 0 Å². The molecule has 0 aliphatic heterocycles. The molecule has 0 aromatic carbocycles. The summed E-state index contributed by atoms with van der Waals surface area (Å²) in [6, 6.07) is 0.0635. The highest BCUT2D eigenvalue weighted by Crippen LogP contribution is 2.29. The van der Waals surface area contributed by atoms with Gasteiger partial charge in [-0.3, -0.25) is 14.2 Å². The van der Waals surface area contributed by atoms with Crippen LogP contribution in [0.1, 0.15) is 37.1 Å². The molecule has 0 unspecified atom stereocenters. The Bertz CT molecular complexity index is 677. The number of fused-ring (bicyclic) bond motifs is 1. The molecule has 0 radical (unpaired) electrons. The van der Waals surface area contributed by atoms with Gasteiger partial charge < -0.3 is 5.32 Å². The second-order valence-corrected chi connectivity index (χ2v) is 6.34. The summed E-state index contributed by atoms with van der Waals surface area (Å²) in [6.45, 7) is 2.42. The Morgan fingerprint density at radius 3 is 3.05 bits per heavy atom. The number of amides is 1. The van der Waals surface area contributed by atoms with E-state index in [9.17, 15) is 4.79 Å². The van der Waals surface area contributed by atoms with Crippen molar-refractivity contribution in [2.24, 2.45) is 13.0 Å². The summed E-state index contributed by atoms with van der Waals surface area (Å²) in [5.74, 6) is -0.133. The smallest absolute Gasteiger partial charge is 0.225 e. The van der Waals surface area contributed by atoms with Gasteiger partial charge in [0.25, 0.3) is 0 Å². The van der Waals surface area contributed by atoms with E-state index in [4.69, 9.17) is 11.6 Å². The molecule has 3 rings (SSSR count). The maximum Gasteiger partial charge on any atom is 0.225 e. The highest BCUT2D eigenvalue weighted by molar-refractivity contribution is 6.30. The Kier molecular flexibility index (Phi) is 4.20. The second kappa shape index (κ2) is 6.12. The lowest BCUT2D eigenvalue weighted by molar-refractivity contribution is -0.125. The van der Waals surface area contributed by atoms with Crippen LogP contribution in [0.15, 0.2) is 18.6 Å². The van der Waals surface area contributed by atoms with Crippen molar-refractivity contribution in [1.82, 2.24) is 24.9 Å². The molecule has 1 amide bonds. The van der Waals surface area contributed by atoms with Crippen LogP contribution in [0.3, 0.4) is 0 Å². The molecule has 2 atom stereocenters. The number of hydrogen-bond acceptors (Lipinski definition) is 3. The Labute approximate surface area is 134 Å². The summed E-state index contributed by atoms with van der Waals surface area (Å²) in [5.41, 5.74) is 2.37. The summed E-state index contributed by atoms with van der Waals surface area (Å²) >= 11 is 5.84. The van der Waals surface area contributed by atoms with Crippen molar-refractivity contribution in [3.8, 4) is 0 Å². The van der Waals surface area contributed by atoms with Crippen LogP contribution < -0.4 is 5.32 Å². The quantitative estimate of drug-likeness (QED) is 0.938. The van der Waals surface area contributed by atoms with Gasteiger partial charge in [-0.1, -0.05) is 18.5 Å². The van der Waals surface area contributed by atoms with E-state index >= 15 is 0 Å². The van der Waals surface area contributed by atoms with Crippen LogP contribution in [0, 0.1) is 5.92 Å². The van der Waals surface area contributed by atoms with Crippen LogP contribution in [0.2, 0.25) is 5.02 Å². The fourth-order valence-corrected chi connectivity index (χ4v) is 3.13. The zero-order chi connectivity index (χ0) is 15.7. The minimum atomic E-state index is -0.169. The molecule has 7 heteroatoms. The normalized spacial score (nSPS) is 18.8. The molecule has 0 spiro atoms. The zero-order valence-electron chi connectivity index (χ0n) is 12.8. The third-order valence-corrected chi connectivity index (χ3v) is 4.40. The number of hydrogen-bond donors (Lipinski definition) is 1. The molecule has 22 heavy (non-hydrogen) atoms. The van der Waals surface area contributed by atoms with E-state index in [-0.39, 0.29) is 17.9 Å². The van der Waals surface area contributed by atoms with E-state index in [1.165, 1.54) is 5.69 Å². The number of halogens is 1. The largest absolute Gasteiger partial charge is 0.349 e. The van der Waals surface area contributed by atoms with Gasteiger partial charge in [0, 0.05) is 24.5 Å². The molecule has 2 aromatic rings. The van der Waals surface area contributed by atoms with E-state index in [0.717, 1.165) is 24.8 Å². The first-order valence-corrected chi connectivity index (χ1v) is 7.91. The third-order valence-electron chi connectivity index (χ3n) is 4.20. The molecule has 2 heterocycles. The van der Waals surface area contributed by atoms with Crippen LogP contribution in [0.25, 0.3) is 0 Å². The van der Waals surface area contributed by atoms with Crippen molar-refractivity contribution >= 4 is 17.5 Å². The lowest BCUT2D eigenvalue weighted by Gasteiger charge is -2.25. The van der Waals surface area contributed by atoms with Crippen molar-refractivity contribution < 1.29 is 4.79 Å². The monoisotopic (exact) mass is 321 g/mol. The number of carbonyl (C=O) groups excluding carboxylic acids is 1. The first-order valence-electron chi connectivity index (χ1n) is 7.53. The third kappa shape index (κ3) is 3.02. The summed E-state index contributed by atoms with van der Waals surface area (Å²) in [5, 5.41) is 12.2. The van der Waals surface area contributed by atoms with E-state index in [1.54, 1.807) is 17.1 Å². The molecule has 1 N–H and O–H groups in total. The van der Waals surface area contributed by atoms with Crippen LogP contribution >= 0.6 is 11.6 Å². The highest BCUT2D eigenvalue weighted by atomic mass is 35.5. The lowest BCUT2D eigenvalue weighted by atomic mass is 9.92. The van der Waals surface area contributed by atoms with Crippen LogP contribution in [0.5, 0.6) is 0 Å². The number of aryl methyl sites for hydroxylation is 1. The Morgan fingerprint density at radius 1 is 1.50 bits per heavy atom. The topological polar surface area (TPSA) is 64.7 Å². The fraction of sp³-hybridized carbons (Fsp3) is 0.533. The van der Waals surface area contributed by atoms with Gasteiger partial charge in [-0.2, -0.15) is 10.2 Å². The van der Waals surface area contributed by atoms with Gasteiger partial charge in [0.1, 0.15) is 0 Å². The Hall–Kier alpha value is -1.82. The predicted molar refractivity (Wildman–Crippen MR) is 83.4 cm³/mol.